The van der Waals surface area contributed by atoms with E-state index in [2.05, 4.69) is 4.99 Å². The summed E-state index contributed by atoms with van der Waals surface area (Å²) in [4.78, 5) is 15.5. The number of nitrogens with zero attached hydrogens (tertiary/aromatic N) is 2. The highest BCUT2D eigenvalue weighted by molar-refractivity contribution is 8.11. The Morgan fingerprint density at radius 2 is 2.14 bits per heavy atom. The Morgan fingerprint density at radius 3 is 2.50 bits per heavy atom. The molecule has 0 aromatic carbocycles. The molecule has 0 saturated heterocycles. The molecule has 0 spiro atoms. The van der Waals surface area contributed by atoms with Crippen LogP contribution in [0.4, 0.5) is 0 Å². The molecule has 1 aliphatic heterocycles. The lowest BCUT2D eigenvalue weighted by atomic mass is 10.5. The number of hydrogen-bond acceptors (Lipinski definition) is 5. The summed E-state index contributed by atoms with van der Waals surface area (Å²) in [6.07, 6.45) is 1.08. The van der Waals surface area contributed by atoms with Gasteiger partial charge in [0.15, 0.2) is 0 Å². The Morgan fingerprint density at radius 1 is 1.57 bits per heavy atom. The standard InChI is InChI=1S/C7H10N2O4S/c1-9(2)4-5-3-8-6(7(10)11)14(5,12)13/h3H,4H2,1-2H3,(H,10,11). The normalized spacial score (nSPS) is 19.4. The second-order valence-electron chi connectivity index (χ2n) is 3.08. The minimum absolute atomic E-state index is 0.0138. The Hall–Kier alpha value is -1.21. The average Bonchev–Trinajstić information content (AvgIpc) is 2.26. The first kappa shape index (κ1) is 10.9. The highest BCUT2D eigenvalue weighted by Gasteiger charge is 2.34. The number of carboxylic acid groups (broad SMARTS) is 1. The van der Waals surface area contributed by atoms with Crippen molar-refractivity contribution in [3.05, 3.63) is 11.1 Å². The molecule has 0 aromatic heterocycles. The number of rotatable bonds is 3. The molecule has 0 radical (unpaired) electrons. The maximum Gasteiger partial charge on any atom is 0.366 e. The predicted octanol–water partition coefficient (Wildman–Crippen LogP) is -0.699. The lowest BCUT2D eigenvalue weighted by Gasteiger charge is -2.09. The third-order valence-electron chi connectivity index (χ3n) is 1.58. The number of aliphatic carboxylic acids is 1. The van der Waals surface area contributed by atoms with Gasteiger partial charge in [0.2, 0.25) is 14.9 Å². The fourth-order valence-corrected chi connectivity index (χ4v) is 2.29. The van der Waals surface area contributed by atoms with Crippen LogP contribution < -0.4 is 0 Å². The SMILES string of the molecule is CN(C)CC1=CN=C(C(=O)O)S1(=O)=O. The second-order valence-corrected chi connectivity index (χ2v) is 4.99. The van der Waals surface area contributed by atoms with Crippen molar-refractivity contribution in [2.24, 2.45) is 4.99 Å². The van der Waals surface area contributed by atoms with Crippen LogP contribution >= 0.6 is 0 Å². The van der Waals surface area contributed by atoms with E-state index >= 15 is 0 Å². The van der Waals surface area contributed by atoms with Gasteiger partial charge in [0.1, 0.15) is 0 Å². The summed E-state index contributed by atoms with van der Waals surface area (Å²) in [5, 5.41) is 7.75. The molecule has 0 saturated carbocycles. The van der Waals surface area contributed by atoms with Crippen LogP contribution in [0.25, 0.3) is 0 Å². The number of sulfone groups is 1. The van der Waals surface area contributed by atoms with Gasteiger partial charge >= 0.3 is 5.97 Å². The van der Waals surface area contributed by atoms with E-state index in [0.29, 0.717) is 0 Å². The van der Waals surface area contributed by atoms with E-state index in [-0.39, 0.29) is 11.4 Å². The molecular formula is C7H10N2O4S. The van der Waals surface area contributed by atoms with Gasteiger partial charge in [-0.1, -0.05) is 0 Å². The van der Waals surface area contributed by atoms with Crippen LogP contribution in [0, 0.1) is 0 Å². The highest BCUT2D eigenvalue weighted by atomic mass is 32.2. The summed E-state index contributed by atoms with van der Waals surface area (Å²) in [6.45, 7) is 0.155. The molecule has 0 bridgehead atoms. The van der Waals surface area contributed by atoms with Gasteiger partial charge in [0, 0.05) is 12.7 Å². The molecule has 0 atom stereocenters. The lowest BCUT2D eigenvalue weighted by molar-refractivity contribution is -0.129. The van der Waals surface area contributed by atoms with E-state index in [4.69, 9.17) is 5.11 Å². The van der Waals surface area contributed by atoms with Crippen LogP contribution in [-0.4, -0.2) is 50.1 Å². The Kier molecular flexibility index (Phi) is 2.72. The van der Waals surface area contributed by atoms with Crippen LogP contribution in [0.2, 0.25) is 0 Å². The van der Waals surface area contributed by atoms with Crippen LogP contribution in [0.5, 0.6) is 0 Å². The van der Waals surface area contributed by atoms with E-state index in [1.807, 2.05) is 0 Å². The summed E-state index contributed by atoms with van der Waals surface area (Å²) in [5.74, 6) is -1.52. The third-order valence-corrected chi connectivity index (χ3v) is 3.29. The van der Waals surface area contributed by atoms with Gasteiger partial charge in [-0.2, -0.15) is 0 Å². The van der Waals surface area contributed by atoms with Crippen molar-refractivity contribution in [2.45, 2.75) is 0 Å². The van der Waals surface area contributed by atoms with Crippen molar-refractivity contribution in [1.29, 1.82) is 0 Å². The second kappa shape index (κ2) is 3.50. The summed E-state index contributed by atoms with van der Waals surface area (Å²) < 4.78 is 22.9. The van der Waals surface area contributed by atoms with E-state index in [1.54, 1.807) is 19.0 Å². The molecule has 1 N–H and O–H groups in total. The number of hydrogen-bond donors (Lipinski definition) is 1. The summed E-state index contributed by atoms with van der Waals surface area (Å²) in [6, 6.07) is 0. The Labute approximate surface area is 81.5 Å². The smallest absolute Gasteiger partial charge is 0.366 e. The molecular weight excluding hydrogens is 208 g/mol. The van der Waals surface area contributed by atoms with E-state index < -0.39 is 20.9 Å². The number of likely N-dealkylation sites (N-methyl/N-ethyl adjacent to an activating group) is 1. The van der Waals surface area contributed by atoms with Crippen molar-refractivity contribution in [2.75, 3.05) is 20.6 Å². The highest BCUT2D eigenvalue weighted by Crippen LogP contribution is 2.17. The van der Waals surface area contributed by atoms with Crippen LogP contribution in [0.15, 0.2) is 16.1 Å². The zero-order valence-electron chi connectivity index (χ0n) is 7.76. The van der Waals surface area contributed by atoms with Crippen LogP contribution in [0.3, 0.4) is 0 Å². The molecule has 1 heterocycles. The van der Waals surface area contributed by atoms with E-state index in [0.717, 1.165) is 6.20 Å². The van der Waals surface area contributed by atoms with Crippen molar-refractivity contribution in [3.8, 4) is 0 Å². The van der Waals surface area contributed by atoms with Crippen molar-refractivity contribution >= 4 is 20.9 Å². The van der Waals surface area contributed by atoms with Crippen LogP contribution in [-0.2, 0) is 14.6 Å². The molecule has 14 heavy (non-hydrogen) atoms. The molecule has 0 fully saturated rings. The molecule has 1 aliphatic rings. The van der Waals surface area contributed by atoms with Gasteiger partial charge in [-0.3, -0.25) is 0 Å². The van der Waals surface area contributed by atoms with Gasteiger partial charge in [-0.05, 0) is 14.1 Å². The number of carbonyl (C=O) groups is 1. The van der Waals surface area contributed by atoms with Gasteiger partial charge < -0.3 is 10.0 Å². The molecule has 1 rings (SSSR count). The quantitative estimate of drug-likeness (QED) is 0.677. The average molecular weight is 218 g/mol. The summed E-state index contributed by atoms with van der Waals surface area (Å²) >= 11 is 0. The molecule has 0 aliphatic carbocycles. The topological polar surface area (TPSA) is 87.0 Å². The van der Waals surface area contributed by atoms with Crippen molar-refractivity contribution in [3.63, 3.8) is 0 Å². The first-order valence-corrected chi connectivity index (χ1v) is 5.24. The predicted molar refractivity (Wildman–Crippen MR) is 50.6 cm³/mol. The zero-order valence-corrected chi connectivity index (χ0v) is 8.58. The molecule has 7 heteroatoms. The molecule has 0 amide bonds. The van der Waals surface area contributed by atoms with Gasteiger partial charge in [0.25, 0.3) is 0 Å². The van der Waals surface area contributed by atoms with Gasteiger partial charge in [0.05, 0.1) is 4.91 Å². The van der Waals surface area contributed by atoms with Gasteiger partial charge in [-0.15, -0.1) is 0 Å². The summed E-state index contributed by atoms with van der Waals surface area (Å²) in [7, 11) is -0.473. The molecule has 0 unspecified atom stereocenters. The zero-order chi connectivity index (χ0) is 10.9. The minimum Gasteiger partial charge on any atom is -0.476 e. The van der Waals surface area contributed by atoms with Crippen molar-refractivity contribution in [1.82, 2.24) is 4.90 Å². The molecule has 0 aromatic rings. The Balaban J connectivity index is 2.98. The van der Waals surface area contributed by atoms with Crippen LogP contribution in [0.1, 0.15) is 0 Å². The van der Waals surface area contributed by atoms with E-state index in [1.165, 1.54) is 0 Å². The first-order chi connectivity index (χ1) is 6.35. The maximum absolute atomic E-state index is 11.5. The third kappa shape index (κ3) is 1.83. The minimum atomic E-state index is -3.85. The van der Waals surface area contributed by atoms with Crippen molar-refractivity contribution < 1.29 is 18.3 Å². The number of carboxylic acids is 1. The molecule has 78 valence electrons. The Bertz CT molecular complexity index is 419. The molecule has 6 nitrogen and oxygen atoms in total. The maximum atomic E-state index is 11.5. The van der Waals surface area contributed by atoms with Gasteiger partial charge in [-0.25, -0.2) is 18.2 Å². The fourth-order valence-electron chi connectivity index (χ4n) is 1.00. The van der Waals surface area contributed by atoms with E-state index in [9.17, 15) is 13.2 Å². The number of aliphatic imine (C=N–C) groups is 1. The fraction of sp³-hybridized carbons (Fsp3) is 0.429. The monoisotopic (exact) mass is 218 g/mol. The first-order valence-electron chi connectivity index (χ1n) is 3.75. The lowest BCUT2D eigenvalue weighted by Crippen LogP contribution is -2.26. The largest absolute Gasteiger partial charge is 0.476 e. The summed E-state index contributed by atoms with van der Waals surface area (Å²) in [5.41, 5.74) is 0.